The van der Waals surface area contributed by atoms with E-state index in [1.54, 1.807) is 6.92 Å². The van der Waals surface area contributed by atoms with Crippen molar-refractivity contribution < 1.29 is 14.3 Å². The molecule has 1 aromatic rings. The van der Waals surface area contributed by atoms with Gasteiger partial charge in [0.1, 0.15) is 6.29 Å². The number of benzene rings is 1. The predicted octanol–water partition coefficient (Wildman–Crippen LogP) is 1.30. The van der Waals surface area contributed by atoms with E-state index in [4.69, 9.17) is 0 Å². The molecule has 5 heteroatoms. The lowest BCUT2D eigenvalue weighted by atomic mass is 10.1. The van der Waals surface area contributed by atoms with Crippen LogP contribution in [0, 0.1) is 0 Å². The van der Waals surface area contributed by atoms with E-state index in [2.05, 4.69) is 22.3 Å². The summed E-state index contributed by atoms with van der Waals surface area (Å²) in [5, 5.41) is 6.39. The van der Waals surface area contributed by atoms with Crippen molar-refractivity contribution in [1.29, 1.82) is 0 Å². The van der Waals surface area contributed by atoms with Gasteiger partial charge in [-0.05, 0) is 19.0 Å². The fourth-order valence-corrected chi connectivity index (χ4v) is 1.47. The number of aldehydes is 1. The van der Waals surface area contributed by atoms with Gasteiger partial charge in [-0.2, -0.15) is 0 Å². The molecule has 0 amide bonds. The number of ether oxygens (including phenoxy) is 1. The first-order valence-corrected chi connectivity index (χ1v) is 6.79. The van der Waals surface area contributed by atoms with E-state index >= 15 is 0 Å². The predicted molar refractivity (Wildman–Crippen MR) is 79.5 cm³/mol. The van der Waals surface area contributed by atoms with Gasteiger partial charge in [-0.15, -0.1) is 0 Å². The SMILES string of the molecule is CCNCCNC(C=O)c1ccccc1.CCOC=O. The fourth-order valence-electron chi connectivity index (χ4n) is 1.47. The maximum atomic E-state index is 10.9. The Morgan fingerprint density at radius 1 is 1.15 bits per heavy atom. The van der Waals surface area contributed by atoms with Crippen molar-refractivity contribution in [2.45, 2.75) is 19.9 Å². The minimum absolute atomic E-state index is 0.190. The lowest BCUT2D eigenvalue weighted by Crippen LogP contribution is -2.30. The summed E-state index contributed by atoms with van der Waals surface area (Å²) in [7, 11) is 0. The van der Waals surface area contributed by atoms with E-state index in [0.29, 0.717) is 13.1 Å². The normalized spacial score (nSPS) is 10.9. The molecule has 2 N–H and O–H groups in total. The summed E-state index contributed by atoms with van der Waals surface area (Å²) in [5.74, 6) is 0. The van der Waals surface area contributed by atoms with Crippen LogP contribution in [0.1, 0.15) is 25.5 Å². The summed E-state index contributed by atoms with van der Waals surface area (Å²) in [6.45, 7) is 7.37. The molecule has 0 saturated carbocycles. The van der Waals surface area contributed by atoms with Crippen molar-refractivity contribution in [3.8, 4) is 0 Å². The van der Waals surface area contributed by atoms with Crippen LogP contribution in [0.5, 0.6) is 0 Å². The van der Waals surface area contributed by atoms with Crippen LogP contribution in [0.4, 0.5) is 0 Å². The zero-order chi connectivity index (χ0) is 15.1. The first-order chi connectivity index (χ1) is 9.79. The Morgan fingerprint density at radius 2 is 1.85 bits per heavy atom. The molecular weight excluding hydrogens is 256 g/mol. The molecule has 5 nitrogen and oxygen atoms in total. The standard InChI is InChI=1S/C12H18N2O.C3H6O2/c1-2-13-8-9-14-12(10-15)11-6-4-3-5-7-11;1-2-5-3-4/h3-7,10,12-14H,2,8-9H2,1H3;3H,2H2,1H3. The smallest absolute Gasteiger partial charge is 0.293 e. The zero-order valence-electron chi connectivity index (χ0n) is 12.2. The number of carbonyl (C=O) groups excluding carboxylic acids is 2. The highest BCUT2D eigenvalue weighted by Crippen LogP contribution is 2.08. The molecular formula is C15H24N2O3. The van der Waals surface area contributed by atoms with E-state index in [0.717, 1.165) is 31.5 Å². The molecule has 1 aromatic carbocycles. The molecule has 0 aliphatic heterocycles. The van der Waals surface area contributed by atoms with Crippen molar-refractivity contribution in [1.82, 2.24) is 10.6 Å². The van der Waals surface area contributed by atoms with Gasteiger partial charge in [0.15, 0.2) is 0 Å². The first kappa shape index (κ1) is 18.3. The summed E-state index contributed by atoms with van der Waals surface area (Å²) in [6, 6.07) is 9.56. The highest BCUT2D eigenvalue weighted by molar-refractivity contribution is 5.61. The van der Waals surface area contributed by atoms with Gasteiger partial charge < -0.3 is 20.2 Å². The van der Waals surface area contributed by atoms with Gasteiger partial charge in [-0.1, -0.05) is 37.3 Å². The van der Waals surface area contributed by atoms with Gasteiger partial charge in [0.25, 0.3) is 6.47 Å². The molecule has 0 aliphatic rings. The minimum atomic E-state index is -0.190. The average Bonchev–Trinajstić information content (AvgIpc) is 2.50. The Bertz CT molecular complexity index is 344. The van der Waals surface area contributed by atoms with Crippen LogP contribution < -0.4 is 10.6 Å². The molecule has 0 radical (unpaired) electrons. The molecule has 20 heavy (non-hydrogen) atoms. The van der Waals surface area contributed by atoms with Gasteiger partial charge >= 0.3 is 0 Å². The van der Waals surface area contributed by atoms with Crippen LogP contribution in [0.15, 0.2) is 30.3 Å². The lowest BCUT2D eigenvalue weighted by molar-refractivity contribution is -0.128. The molecule has 0 aliphatic carbocycles. The van der Waals surface area contributed by atoms with Crippen LogP contribution in [-0.4, -0.2) is 39.0 Å². The Labute approximate surface area is 120 Å². The first-order valence-electron chi connectivity index (χ1n) is 6.79. The zero-order valence-corrected chi connectivity index (χ0v) is 12.2. The van der Waals surface area contributed by atoms with Gasteiger partial charge in [-0.3, -0.25) is 4.79 Å². The van der Waals surface area contributed by atoms with Gasteiger partial charge in [0.2, 0.25) is 0 Å². The van der Waals surface area contributed by atoms with Crippen LogP contribution in [-0.2, 0) is 14.3 Å². The van der Waals surface area contributed by atoms with Gasteiger partial charge in [0.05, 0.1) is 12.6 Å². The summed E-state index contributed by atoms with van der Waals surface area (Å²) in [4.78, 5) is 20.1. The molecule has 0 spiro atoms. The number of nitrogens with one attached hydrogen (secondary N) is 2. The van der Waals surface area contributed by atoms with Crippen molar-refractivity contribution in [2.75, 3.05) is 26.2 Å². The quantitative estimate of drug-likeness (QED) is 0.527. The number of hydrogen-bond donors (Lipinski definition) is 2. The second kappa shape index (κ2) is 13.7. The molecule has 1 unspecified atom stereocenters. The Balaban J connectivity index is 0.000000621. The number of likely N-dealkylation sites (N-methyl/N-ethyl adjacent to an activating group) is 1. The van der Waals surface area contributed by atoms with Crippen molar-refractivity contribution in [2.24, 2.45) is 0 Å². The highest BCUT2D eigenvalue weighted by atomic mass is 16.5. The van der Waals surface area contributed by atoms with E-state index in [9.17, 15) is 9.59 Å². The molecule has 0 saturated heterocycles. The number of hydrogen-bond acceptors (Lipinski definition) is 5. The molecule has 1 rings (SSSR count). The van der Waals surface area contributed by atoms with E-state index in [-0.39, 0.29) is 6.04 Å². The average molecular weight is 280 g/mol. The van der Waals surface area contributed by atoms with E-state index in [1.165, 1.54) is 0 Å². The van der Waals surface area contributed by atoms with Crippen molar-refractivity contribution in [3.05, 3.63) is 35.9 Å². The third kappa shape index (κ3) is 9.24. The second-order valence-corrected chi connectivity index (χ2v) is 3.88. The molecule has 0 fully saturated rings. The third-order valence-electron chi connectivity index (χ3n) is 2.45. The van der Waals surface area contributed by atoms with Crippen molar-refractivity contribution in [3.63, 3.8) is 0 Å². The summed E-state index contributed by atoms with van der Waals surface area (Å²) < 4.78 is 4.15. The second-order valence-electron chi connectivity index (χ2n) is 3.88. The fraction of sp³-hybridized carbons (Fsp3) is 0.467. The molecule has 112 valence electrons. The molecule has 1 atom stereocenters. The summed E-state index contributed by atoms with van der Waals surface area (Å²) >= 11 is 0. The molecule has 0 heterocycles. The summed E-state index contributed by atoms with van der Waals surface area (Å²) in [5.41, 5.74) is 1.02. The lowest BCUT2D eigenvalue weighted by Gasteiger charge is -2.12. The van der Waals surface area contributed by atoms with Crippen LogP contribution in [0.3, 0.4) is 0 Å². The maximum Gasteiger partial charge on any atom is 0.293 e. The summed E-state index contributed by atoms with van der Waals surface area (Å²) in [6.07, 6.45) is 0.946. The maximum absolute atomic E-state index is 10.9. The van der Waals surface area contributed by atoms with Crippen LogP contribution in [0.2, 0.25) is 0 Å². The largest absolute Gasteiger partial charge is 0.468 e. The number of rotatable bonds is 9. The van der Waals surface area contributed by atoms with E-state index in [1.807, 2.05) is 30.3 Å². The third-order valence-corrected chi connectivity index (χ3v) is 2.45. The van der Waals surface area contributed by atoms with Crippen LogP contribution in [0.25, 0.3) is 0 Å². The topological polar surface area (TPSA) is 67.4 Å². The van der Waals surface area contributed by atoms with Crippen molar-refractivity contribution >= 4 is 12.8 Å². The minimum Gasteiger partial charge on any atom is -0.468 e. The molecule has 0 aromatic heterocycles. The Morgan fingerprint density at radius 3 is 2.30 bits per heavy atom. The van der Waals surface area contributed by atoms with E-state index < -0.39 is 0 Å². The molecule has 0 bridgehead atoms. The highest BCUT2D eigenvalue weighted by Gasteiger charge is 2.07. The Kier molecular flexibility index (Phi) is 12.5. The van der Waals surface area contributed by atoms with Gasteiger partial charge in [0, 0.05) is 13.1 Å². The van der Waals surface area contributed by atoms with Gasteiger partial charge in [-0.25, -0.2) is 0 Å². The van der Waals surface area contributed by atoms with Crippen LogP contribution >= 0.6 is 0 Å². The number of carbonyl (C=O) groups is 2. The monoisotopic (exact) mass is 280 g/mol. The Hall–Kier alpha value is -1.72.